The Bertz CT molecular complexity index is 1350. The average Bonchev–Trinajstić information content (AvgIpc) is 3.25. The number of allylic oxidation sites excluding steroid dienone is 9. The van der Waals surface area contributed by atoms with Crippen molar-refractivity contribution in [3.05, 3.63) is 88.2 Å². The zero-order chi connectivity index (χ0) is 30.5. The summed E-state index contributed by atoms with van der Waals surface area (Å²) in [6, 6.07) is 2.47. The Kier molecular flexibility index (Phi) is 13.8. The molecular weight excluding hydrogens is 506 g/mol. The lowest BCUT2D eigenvalue weighted by atomic mass is 10.1. The molecule has 41 heavy (non-hydrogen) atoms. The van der Waals surface area contributed by atoms with Crippen LogP contribution in [0.3, 0.4) is 0 Å². The number of aryl methyl sites for hydroxylation is 1. The van der Waals surface area contributed by atoms with Crippen molar-refractivity contribution in [1.29, 1.82) is 0 Å². The van der Waals surface area contributed by atoms with Crippen LogP contribution in [0.25, 0.3) is 16.6 Å². The molecule has 0 fully saturated rings. The average molecular weight is 560 g/mol. The predicted molar refractivity (Wildman–Crippen MR) is 178 cm³/mol. The Morgan fingerprint density at radius 3 is 2.39 bits per heavy atom. The number of nitrogens with zero attached hydrogens (tertiary/aromatic N) is 2. The number of rotatable bonds is 15. The first-order valence-electron chi connectivity index (χ1n) is 15.2. The number of hydrogen-bond donors (Lipinski definition) is 1. The van der Waals surface area contributed by atoms with E-state index in [0.29, 0.717) is 19.2 Å². The summed E-state index contributed by atoms with van der Waals surface area (Å²) in [4.78, 5) is 5.28. The van der Waals surface area contributed by atoms with Crippen LogP contribution in [-0.4, -0.2) is 29.8 Å². The van der Waals surface area contributed by atoms with Gasteiger partial charge in [-0.05, 0) is 91.5 Å². The third kappa shape index (κ3) is 8.51. The highest BCUT2D eigenvalue weighted by atomic mass is 16.5. The Hall–Kier alpha value is -3.47. The zero-order valence-corrected chi connectivity index (χ0v) is 27.4. The van der Waals surface area contributed by atoms with Crippen LogP contribution in [0.15, 0.2) is 71.3 Å². The fourth-order valence-corrected chi connectivity index (χ4v) is 5.05. The van der Waals surface area contributed by atoms with Gasteiger partial charge in [0, 0.05) is 29.4 Å². The number of pyridine rings is 1. The van der Waals surface area contributed by atoms with E-state index in [1.54, 1.807) is 7.11 Å². The Balaban J connectivity index is 2.89. The molecule has 0 unspecified atom stereocenters. The van der Waals surface area contributed by atoms with Crippen molar-refractivity contribution in [2.45, 2.75) is 94.5 Å². The van der Waals surface area contributed by atoms with E-state index in [1.165, 1.54) is 16.8 Å². The number of fused-ring (bicyclic) bond motifs is 1. The number of aromatic nitrogens is 2. The lowest BCUT2D eigenvalue weighted by Crippen LogP contribution is -2.11. The van der Waals surface area contributed by atoms with Gasteiger partial charge in [0.05, 0.1) is 36.1 Å². The molecule has 0 aromatic carbocycles. The van der Waals surface area contributed by atoms with E-state index in [0.717, 1.165) is 64.3 Å². The normalized spacial score (nSPS) is 14.1. The predicted octanol–water partition coefficient (Wildman–Crippen LogP) is 10.0. The third-order valence-electron chi connectivity index (χ3n) is 7.23. The summed E-state index contributed by atoms with van der Waals surface area (Å²) >= 11 is 0. The largest absolute Gasteiger partial charge is 0.498 e. The first-order chi connectivity index (χ1) is 19.7. The maximum absolute atomic E-state index is 6.01. The molecule has 0 saturated carbocycles. The molecule has 2 rings (SSSR count). The van der Waals surface area contributed by atoms with Crippen molar-refractivity contribution in [3.8, 4) is 0 Å². The Morgan fingerprint density at radius 1 is 1.10 bits per heavy atom. The van der Waals surface area contributed by atoms with E-state index < -0.39 is 0 Å². The maximum atomic E-state index is 6.01. The van der Waals surface area contributed by atoms with Crippen LogP contribution in [0.5, 0.6) is 0 Å². The lowest BCUT2D eigenvalue weighted by Gasteiger charge is -2.19. The summed E-state index contributed by atoms with van der Waals surface area (Å²) in [6.07, 6.45) is 17.7. The summed E-state index contributed by atoms with van der Waals surface area (Å²) < 4.78 is 14.3. The fourth-order valence-electron chi connectivity index (χ4n) is 5.05. The number of anilines is 1. The van der Waals surface area contributed by atoms with Gasteiger partial charge in [-0.3, -0.25) is 0 Å². The topological polar surface area (TPSA) is 48.3 Å². The standard InChI is InChI=1S/C36H53N3O2/c1-12-17-18-19-21-30(28(10)41-16-5)31-23-32(36-35(38-31)27(9)33(15-4)39(36)25(6)7)37-24-29(20-13-2)34(40-11)22-26(8)14-3/h13,17-23,25H,12,14-16,24H2,1-11H3,(H,37,38)/b18-17+,20-13-,21-19-,26-22-,30-28-,34-29-. The SMILES string of the molecule is C\C=C/C(CNc1cc(C(/C=C\C=C\CC)=C(/C)OCC)nc2c(C)c(CC)n(C(C)C)c12)=C(\C=C(\C)CC)OC. The third-order valence-corrected chi connectivity index (χ3v) is 7.23. The van der Waals surface area contributed by atoms with Crippen LogP contribution in [-0.2, 0) is 15.9 Å². The minimum Gasteiger partial charge on any atom is -0.498 e. The lowest BCUT2D eigenvalue weighted by molar-refractivity contribution is 0.233. The molecule has 0 aliphatic carbocycles. The van der Waals surface area contributed by atoms with Gasteiger partial charge in [0.25, 0.3) is 0 Å². The molecule has 2 aromatic rings. The van der Waals surface area contributed by atoms with Crippen molar-refractivity contribution < 1.29 is 9.47 Å². The van der Waals surface area contributed by atoms with Crippen molar-refractivity contribution in [3.63, 3.8) is 0 Å². The molecule has 0 radical (unpaired) electrons. The first-order valence-corrected chi connectivity index (χ1v) is 15.2. The van der Waals surface area contributed by atoms with Crippen LogP contribution >= 0.6 is 0 Å². The van der Waals surface area contributed by atoms with Crippen LogP contribution in [0, 0.1) is 6.92 Å². The van der Waals surface area contributed by atoms with Gasteiger partial charge in [0.1, 0.15) is 11.5 Å². The molecule has 2 aromatic heterocycles. The highest BCUT2D eigenvalue weighted by Crippen LogP contribution is 2.36. The van der Waals surface area contributed by atoms with Crippen LogP contribution in [0.2, 0.25) is 0 Å². The van der Waals surface area contributed by atoms with E-state index in [9.17, 15) is 0 Å². The van der Waals surface area contributed by atoms with Crippen LogP contribution < -0.4 is 5.32 Å². The van der Waals surface area contributed by atoms with E-state index in [-0.39, 0.29) is 0 Å². The minimum absolute atomic E-state index is 0.295. The summed E-state index contributed by atoms with van der Waals surface area (Å²) in [5.74, 6) is 1.74. The monoisotopic (exact) mass is 559 g/mol. The zero-order valence-electron chi connectivity index (χ0n) is 27.4. The number of methoxy groups -OCH3 is 1. The second-order valence-electron chi connectivity index (χ2n) is 10.5. The molecule has 0 spiro atoms. The van der Waals surface area contributed by atoms with E-state index in [4.69, 9.17) is 14.5 Å². The van der Waals surface area contributed by atoms with Crippen molar-refractivity contribution >= 4 is 22.3 Å². The summed E-state index contributed by atoms with van der Waals surface area (Å²) in [5.41, 5.74) is 10.0. The molecule has 5 nitrogen and oxygen atoms in total. The van der Waals surface area contributed by atoms with E-state index >= 15 is 0 Å². The molecule has 1 N–H and O–H groups in total. The van der Waals surface area contributed by atoms with Gasteiger partial charge in [0.2, 0.25) is 0 Å². The van der Waals surface area contributed by atoms with E-state index in [2.05, 4.69) is 107 Å². The van der Waals surface area contributed by atoms with Gasteiger partial charge in [0.15, 0.2) is 0 Å². The first kappa shape index (κ1) is 33.7. The van der Waals surface area contributed by atoms with Gasteiger partial charge < -0.3 is 19.4 Å². The second kappa shape index (κ2) is 16.7. The molecule has 0 bridgehead atoms. The van der Waals surface area contributed by atoms with Crippen molar-refractivity contribution in [2.24, 2.45) is 0 Å². The molecule has 2 heterocycles. The maximum Gasteiger partial charge on any atom is 0.123 e. The minimum atomic E-state index is 0.295. The molecule has 5 heteroatoms. The highest BCUT2D eigenvalue weighted by molar-refractivity contribution is 5.95. The highest BCUT2D eigenvalue weighted by Gasteiger charge is 2.22. The second-order valence-corrected chi connectivity index (χ2v) is 10.5. The summed E-state index contributed by atoms with van der Waals surface area (Å²) in [5, 5.41) is 3.80. The van der Waals surface area contributed by atoms with Gasteiger partial charge in [-0.2, -0.15) is 0 Å². The number of ether oxygens (including phenoxy) is 2. The van der Waals surface area contributed by atoms with Crippen molar-refractivity contribution in [2.75, 3.05) is 25.6 Å². The van der Waals surface area contributed by atoms with Gasteiger partial charge in [-0.15, -0.1) is 0 Å². The molecular formula is C36H53N3O2. The van der Waals surface area contributed by atoms with Gasteiger partial charge >= 0.3 is 0 Å². The molecule has 0 aliphatic rings. The molecule has 0 amide bonds. The van der Waals surface area contributed by atoms with Gasteiger partial charge in [-0.1, -0.05) is 56.7 Å². The van der Waals surface area contributed by atoms with Crippen molar-refractivity contribution in [1.82, 2.24) is 9.55 Å². The number of hydrogen-bond acceptors (Lipinski definition) is 4. The molecule has 0 aliphatic heterocycles. The molecule has 0 atom stereocenters. The molecule has 224 valence electrons. The van der Waals surface area contributed by atoms with Crippen LogP contribution in [0.1, 0.15) is 98.1 Å². The van der Waals surface area contributed by atoms with E-state index in [1.807, 2.05) is 20.8 Å². The quantitative estimate of drug-likeness (QED) is 0.174. The number of nitrogens with one attached hydrogen (secondary N) is 1. The summed E-state index contributed by atoms with van der Waals surface area (Å²) in [7, 11) is 1.74. The molecule has 0 saturated heterocycles. The smallest absolute Gasteiger partial charge is 0.123 e. The fraction of sp³-hybridized carbons (Fsp3) is 0.472. The van der Waals surface area contributed by atoms with Crippen LogP contribution in [0.4, 0.5) is 5.69 Å². The van der Waals surface area contributed by atoms with Gasteiger partial charge in [-0.25, -0.2) is 4.98 Å². The summed E-state index contributed by atoms with van der Waals surface area (Å²) in [6.45, 7) is 22.7. The Labute approximate surface area is 249 Å². The Morgan fingerprint density at radius 2 is 1.83 bits per heavy atom.